The zero-order chi connectivity index (χ0) is 14.5. The molecule has 3 nitrogen and oxygen atoms in total. The Labute approximate surface area is 132 Å². The summed E-state index contributed by atoms with van der Waals surface area (Å²) in [5, 5.41) is 3.37. The number of halogens is 1. The van der Waals surface area contributed by atoms with Gasteiger partial charge in [-0.05, 0) is 24.3 Å². The molecule has 104 valence electrons. The fourth-order valence-electron chi connectivity index (χ4n) is 1.90. The van der Waals surface area contributed by atoms with Gasteiger partial charge in [0.25, 0.3) is 0 Å². The van der Waals surface area contributed by atoms with E-state index >= 15 is 0 Å². The first-order valence-electron chi connectivity index (χ1n) is 6.05. The third-order valence-electron chi connectivity index (χ3n) is 2.83. The monoisotopic (exact) mass is 350 g/mol. The molecule has 0 aliphatic carbocycles. The Morgan fingerprint density at radius 1 is 1.25 bits per heavy atom. The molecule has 2 aromatic rings. The van der Waals surface area contributed by atoms with Gasteiger partial charge in [0.15, 0.2) is 0 Å². The van der Waals surface area contributed by atoms with Crippen LogP contribution >= 0.6 is 28.1 Å². The first kappa shape index (κ1) is 15.0. The number of nitrogens with one attached hydrogen (secondary N) is 1. The minimum Gasteiger partial charge on any atom is -0.389 e. The highest BCUT2D eigenvalue weighted by Crippen LogP contribution is 2.26. The van der Waals surface area contributed by atoms with Gasteiger partial charge in [0, 0.05) is 34.1 Å². The molecule has 0 spiro atoms. The van der Waals surface area contributed by atoms with E-state index in [0.717, 1.165) is 27.0 Å². The fraction of sp³-hybridized carbons (Fsp3) is 0.133. The van der Waals surface area contributed by atoms with Crippen LogP contribution in [0, 0.1) is 0 Å². The van der Waals surface area contributed by atoms with E-state index in [2.05, 4.69) is 21.2 Å². The molecule has 5 heteroatoms. The molecule has 0 unspecified atom stereocenters. The van der Waals surface area contributed by atoms with E-state index in [-0.39, 0.29) is 0 Å². The number of hydrogen-bond donors (Lipinski definition) is 2. The zero-order valence-corrected chi connectivity index (χ0v) is 13.4. The van der Waals surface area contributed by atoms with E-state index < -0.39 is 0 Å². The van der Waals surface area contributed by atoms with Crippen molar-refractivity contribution in [2.24, 2.45) is 5.73 Å². The third-order valence-corrected chi connectivity index (χ3v) is 3.55. The highest BCUT2D eigenvalue weighted by molar-refractivity contribution is 9.10. The van der Waals surface area contributed by atoms with Crippen molar-refractivity contribution in [3.05, 3.63) is 58.1 Å². The first-order valence-corrected chi connectivity index (χ1v) is 7.25. The van der Waals surface area contributed by atoms with Crippen LogP contribution in [0.5, 0.6) is 0 Å². The summed E-state index contributed by atoms with van der Waals surface area (Å²) in [5.74, 6) is 0. The van der Waals surface area contributed by atoms with Gasteiger partial charge in [-0.25, -0.2) is 0 Å². The second kappa shape index (κ2) is 6.83. The molecule has 3 N–H and O–H groups in total. The Hall–Kier alpha value is -1.43. The summed E-state index contributed by atoms with van der Waals surface area (Å²) >= 11 is 8.53. The van der Waals surface area contributed by atoms with Gasteiger partial charge in [-0.1, -0.05) is 46.3 Å². The Bertz CT molecular complexity index is 631. The molecule has 0 heterocycles. The standard InChI is InChI=1S/C15H15BrN2OS/c1-19-9-10-4-2-3-5-13(10)18-14-7-6-11(16)8-12(14)15(17)20/h2-8,18H,9H2,1H3,(H2,17,20). The van der Waals surface area contributed by atoms with E-state index in [4.69, 9.17) is 22.7 Å². The lowest BCUT2D eigenvalue weighted by Crippen LogP contribution is -2.12. The smallest absolute Gasteiger partial charge is 0.106 e. The quantitative estimate of drug-likeness (QED) is 0.800. The van der Waals surface area contributed by atoms with Crippen molar-refractivity contribution in [1.29, 1.82) is 0 Å². The molecule has 0 bridgehead atoms. The van der Waals surface area contributed by atoms with Crippen LogP contribution in [-0.4, -0.2) is 12.1 Å². The van der Waals surface area contributed by atoms with E-state index in [1.165, 1.54) is 0 Å². The highest BCUT2D eigenvalue weighted by atomic mass is 79.9. The summed E-state index contributed by atoms with van der Waals surface area (Å²) in [6.07, 6.45) is 0. The summed E-state index contributed by atoms with van der Waals surface area (Å²) in [5.41, 5.74) is 9.52. The van der Waals surface area contributed by atoms with Crippen molar-refractivity contribution in [2.45, 2.75) is 6.61 Å². The molecule has 0 fully saturated rings. The summed E-state index contributed by atoms with van der Waals surface area (Å²) in [6, 6.07) is 13.8. The van der Waals surface area contributed by atoms with Gasteiger partial charge in [0.1, 0.15) is 4.99 Å². The van der Waals surface area contributed by atoms with E-state index in [1.54, 1.807) is 7.11 Å². The lowest BCUT2D eigenvalue weighted by atomic mass is 10.1. The lowest BCUT2D eigenvalue weighted by Gasteiger charge is -2.14. The summed E-state index contributed by atoms with van der Waals surface area (Å²) in [4.78, 5) is 0.359. The topological polar surface area (TPSA) is 47.3 Å². The van der Waals surface area contributed by atoms with Crippen molar-refractivity contribution in [1.82, 2.24) is 0 Å². The number of benzene rings is 2. The van der Waals surface area contributed by atoms with Crippen molar-refractivity contribution in [3.8, 4) is 0 Å². The zero-order valence-electron chi connectivity index (χ0n) is 11.0. The number of ether oxygens (including phenoxy) is 1. The predicted octanol–water partition coefficient (Wildman–Crippen LogP) is 3.97. The van der Waals surface area contributed by atoms with Gasteiger partial charge < -0.3 is 15.8 Å². The maximum Gasteiger partial charge on any atom is 0.106 e. The molecule has 0 atom stereocenters. The maximum absolute atomic E-state index is 5.78. The van der Waals surface area contributed by atoms with Gasteiger partial charge in [0.05, 0.1) is 6.61 Å². The molecular formula is C15H15BrN2OS. The van der Waals surface area contributed by atoms with Gasteiger partial charge in [-0.3, -0.25) is 0 Å². The SMILES string of the molecule is COCc1ccccc1Nc1ccc(Br)cc1C(N)=S. The Balaban J connectivity index is 2.37. The lowest BCUT2D eigenvalue weighted by molar-refractivity contribution is 0.185. The number of thiocarbonyl (C=S) groups is 1. The van der Waals surface area contributed by atoms with Crippen molar-refractivity contribution < 1.29 is 4.74 Å². The first-order chi connectivity index (χ1) is 9.61. The average molecular weight is 351 g/mol. The minimum atomic E-state index is 0.359. The molecule has 0 saturated heterocycles. The van der Waals surface area contributed by atoms with Crippen LogP contribution in [0.25, 0.3) is 0 Å². The van der Waals surface area contributed by atoms with Crippen molar-refractivity contribution in [3.63, 3.8) is 0 Å². The van der Waals surface area contributed by atoms with Crippen LogP contribution in [0.1, 0.15) is 11.1 Å². The number of nitrogens with two attached hydrogens (primary N) is 1. The largest absolute Gasteiger partial charge is 0.389 e. The predicted molar refractivity (Wildman–Crippen MR) is 90.5 cm³/mol. The molecule has 0 aliphatic rings. The normalized spacial score (nSPS) is 10.3. The van der Waals surface area contributed by atoms with Crippen LogP contribution in [0.3, 0.4) is 0 Å². The maximum atomic E-state index is 5.78. The number of rotatable bonds is 5. The van der Waals surface area contributed by atoms with Gasteiger partial charge in [-0.15, -0.1) is 0 Å². The molecule has 2 aromatic carbocycles. The number of para-hydroxylation sites is 1. The molecule has 0 amide bonds. The van der Waals surface area contributed by atoms with Crippen LogP contribution in [0.2, 0.25) is 0 Å². The van der Waals surface area contributed by atoms with E-state index in [1.807, 2.05) is 42.5 Å². The van der Waals surface area contributed by atoms with Crippen LogP contribution < -0.4 is 11.1 Å². The molecule has 20 heavy (non-hydrogen) atoms. The fourth-order valence-corrected chi connectivity index (χ4v) is 2.43. The van der Waals surface area contributed by atoms with Gasteiger partial charge in [0.2, 0.25) is 0 Å². The Kier molecular flexibility index (Phi) is 5.11. The number of methoxy groups -OCH3 is 1. The van der Waals surface area contributed by atoms with E-state index in [0.29, 0.717) is 11.6 Å². The summed E-state index contributed by atoms with van der Waals surface area (Å²) in [7, 11) is 1.68. The number of anilines is 2. The second-order valence-electron chi connectivity index (χ2n) is 4.27. The Morgan fingerprint density at radius 3 is 2.70 bits per heavy atom. The summed E-state index contributed by atoms with van der Waals surface area (Å²) in [6.45, 7) is 0.544. The highest BCUT2D eigenvalue weighted by Gasteiger charge is 2.08. The average Bonchev–Trinajstić information content (AvgIpc) is 2.43. The van der Waals surface area contributed by atoms with Gasteiger partial charge in [-0.2, -0.15) is 0 Å². The third kappa shape index (κ3) is 3.56. The second-order valence-corrected chi connectivity index (χ2v) is 5.62. The summed E-state index contributed by atoms with van der Waals surface area (Å²) < 4.78 is 6.15. The van der Waals surface area contributed by atoms with Crippen molar-refractivity contribution >= 4 is 44.5 Å². The van der Waals surface area contributed by atoms with Gasteiger partial charge >= 0.3 is 0 Å². The molecule has 2 rings (SSSR count). The molecular weight excluding hydrogens is 336 g/mol. The molecule has 0 aliphatic heterocycles. The minimum absolute atomic E-state index is 0.359. The van der Waals surface area contributed by atoms with E-state index in [9.17, 15) is 0 Å². The van der Waals surface area contributed by atoms with Crippen LogP contribution in [-0.2, 0) is 11.3 Å². The molecule has 0 radical (unpaired) electrons. The van der Waals surface area contributed by atoms with Crippen molar-refractivity contribution in [2.75, 3.05) is 12.4 Å². The molecule has 0 saturated carbocycles. The number of hydrogen-bond acceptors (Lipinski definition) is 3. The molecule has 0 aromatic heterocycles. The Morgan fingerprint density at radius 2 is 2.00 bits per heavy atom. The van der Waals surface area contributed by atoms with Crippen LogP contribution in [0.15, 0.2) is 46.9 Å². The van der Waals surface area contributed by atoms with Crippen LogP contribution in [0.4, 0.5) is 11.4 Å².